The van der Waals surface area contributed by atoms with E-state index in [1.807, 2.05) is 0 Å². The van der Waals surface area contributed by atoms with E-state index < -0.39 is 0 Å². The minimum absolute atomic E-state index is 0.857. The molecule has 1 heterocycles. The van der Waals surface area contributed by atoms with Crippen molar-refractivity contribution in [1.29, 1.82) is 0 Å². The van der Waals surface area contributed by atoms with Crippen molar-refractivity contribution in [2.75, 3.05) is 0 Å². The molecular weight excluding hydrogens is 330 g/mol. The van der Waals surface area contributed by atoms with Crippen molar-refractivity contribution in [1.82, 2.24) is 15.4 Å². The average molecular weight is 351 g/mol. The predicted molar refractivity (Wildman–Crippen MR) is 110 cm³/mol. The molecule has 4 rings (SSSR count). The molecule has 3 aromatic carbocycles. The molecule has 3 heteroatoms. The normalized spacial score (nSPS) is 10.8. The maximum absolute atomic E-state index is 4.44. The lowest BCUT2D eigenvalue weighted by molar-refractivity contribution is 0.878. The van der Waals surface area contributed by atoms with E-state index in [1.54, 1.807) is 0 Å². The molecule has 0 aliphatic heterocycles. The number of hydrogen-bond donors (Lipinski definition) is 0. The van der Waals surface area contributed by atoms with Gasteiger partial charge in [0.25, 0.3) is 0 Å². The summed E-state index contributed by atoms with van der Waals surface area (Å²) in [6.45, 7) is 6.28. The molecule has 1 aromatic heterocycles. The molecule has 0 saturated carbocycles. The molecule has 132 valence electrons. The summed E-state index contributed by atoms with van der Waals surface area (Å²) < 4.78 is 0. The predicted octanol–water partition coefficient (Wildman–Crippen LogP) is 5.80. The fraction of sp³-hybridized carbons (Fsp3) is 0.125. The molecule has 0 aliphatic rings. The van der Waals surface area contributed by atoms with E-state index >= 15 is 0 Å². The van der Waals surface area contributed by atoms with Crippen LogP contribution in [0.4, 0.5) is 0 Å². The highest BCUT2D eigenvalue weighted by molar-refractivity contribution is 5.90. The first-order chi connectivity index (χ1) is 13.1. The van der Waals surface area contributed by atoms with Gasteiger partial charge in [0.1, 0.15) is 11.4 Å². The minimum atomic E-state index is 0.857. The van der Waals surface area contributed by atoms with E-state index in [0.29, 0.717) is 0 Å². The van der Waals surface area contributed by atoms with Crippen LogP contribution in [0.25, 0.3) is 33.6 Å². The van der Waals surface area contributed by atoms with Crippen molar-refractivity contribution >= 4 is 0 Å². The Balaban J connectivity index is 2.04. The second-order valence-corrected chi connectivity index (χ2v) is 6.97. The fourth-order valence-electron chi connectivity index (χ4n) is 3.39. The molecule has 0 fully saturated rings. The van der Waals surface area contributed by atoms with Gasteiger partial charge in [0.2, 0.25) is 0 Å². The summed E-state index contributed by atoms with van der Waals surface area (Å²) in [7, 11) is 0. The van der Waals surface area contributed by atoms with Gasteiger partial charge in [0.15, 0.2) is 0 Å². The molecular formula is C24H21N3. The highest BCUT2D eigenvalue weighted by Gasteiger charge is 2.18. The molecule has 0 saturated heterocycles. The lowest BCUT2D eigenvalue weighted by atomic mass is 9.93. The number of aromatic nitrogens is 3. The Morgan fingerprint density at radius 2 is 0.926 bits per heavy atom. The first kappa shape index (κ1) is 17.1. The molecule has 27 heavy (non-hydrogen) atoms. The molecule has 4 aromatic rings. The zero-order valence-corrected chi connectivity index (χ0v) is 15.8. The summed E-state index contributed by atoms with van der Waals surface area (Å²) in [4.78, 5) is 0. The van der Waals surface area contributed by atoms with E-state index in [-0.39, 0.29) is 0 Å². The number of aryl methyl sites for hydroxylation is 3. The van der Waals surface area contributed by atoms with E-state index in [4.69, 9.17) is 0 Å². The highest BCUT2D eigenvalue weighted by atomic mass is 15.3. The Morgan fingerprint density at radius 1 is 0.519 bits per heavy atom. The Hall–Kier alpha value is -3.33. The Labute approximate surface area is 159 Å². The van der Waals surface area contributed by atoms with Crippen LogP contribution in [-0.4, -0.2) is 15.4 Å². The van der Waals surface area contributed by atoms with Crippen LogP contribution in [0.2, 0.25) is 0 Å². The molecule has 0 unspecified atom stereocenters. The standard InChI is InChI=1S/C24H21N3/c1-16-7-4-10-19(13-16)22-23(20-11-5-8-17(2)14-20)25-27-26-24(22)21-12-6-9-18(3)15-21/h4-15H,1-3H3. The lowest BCUT2D eigenvalue weighted by Crippen LogP contribution is -2.00. The summed E-state index contributed by atoms with van der Waals surface area (Å²) in [6, 6.07) is 25.2. The zero-order valence-electron chi connectivity index (χ0n) is 15.8. The quantitative estimate of drug-likeness (QED) is 0.468. The largest absolute Gasteiger partial charge is 0.129 e. The fourth-order valence-corrected chi connectivity index (χ4v) is 3.39. The third kappa shape index (κ3) is 3.49. The zero-order chi connectivity index (χ0) is 18.8. The van der Waals surface area contributed by atoms with Crippen molar-refractivity contribution in [3.05, 3.63) is 89.5 Å². The Morgan fingerprint density at radius 3 is 1.37 bits per heavy atom. The topological polar surface area (TPSA) is 38.7 Å². The number of hydrogen-bond acceptors (Lipinski definition) is 3. The highest BCUT2D eigenvalue weighted by Crippen LogP contribution is 2.37. The second kappa shape index (κ2) is 7.12. The number of nitrogens with zero attached hydrogens (tertiary/aromatic N) is 3. The Bertz CT molecular complexity index is 1050. The van der Waals surface area contributed by atoms with E-state index in [0.717, 1.165) is 33.6 Å². The van der Waals surface area contributed by atoms with Crippen LogP contribution >= 0.6 is 0 Å². The van der Waals surface area contributed by atoms with Crippen molar-refractivity contribution in [3.63, 3.8) is 0 Å². The number of benzene rings is 3. The molecule has 0 atom stereocenters. The van der Waals surface area contributed by atoms with Gasteiger partial charge in [-0.1, -0.05) is 77.4 Å². The van der Waals surface area contributed by atoms with Crippen LogP contribution < -0.4 is 0 Å². The molecule has 0 amide bonds. The van der Waals surface area contributed by atoms with Gasteiger partial charge in [0.05, 0.1) is 0 Å². The summed E-state index contributed by atoms with van der Waals surface area (Å²) in [5, 5.41) is 13.0. The van der Waals surface area contributed by atoms with Crippen molar-refractivity contribution < 1.29 is 0 Å². The molecule has 0 spiro atoms. The van der Waals surface area contributed by atoms with Gasteiger partial charge in [-0.2, -0.15) is 0 Å². The van der Waals surface area contributed by atoms with Crippen LogP contribution in [0.3, 0.4) is 0 Å². The van der Waals surface area contributed by atoms with Gasteiger partial charge in [-0.3, -0.25) is 0 Å². The van der Waals surface area contributed by atoms with Gasteiger partial charge in [0, 0.05) is 16.7 Å². The molecule has 0 bridgehead atoms. The average Bonchev–Trinajstić information content (AvgIpc) is 2.67. The van der Waals surface area contributed by atoms with Gasteiger partial charge in [-0.25, -0.2) is 0 Å². The summed E-state index contributed by atoms with van der Waals surface area (Å²) in [5.41, 5.74) is 9.53. The van der Waals surface area contributed by atoms with Gasteiger partial charge in [-0.05, 0) is 43.7 Å². The van der Waals surface area contributed by atoms with E-state index in [9.17, 15) is 0 Å². The maximum atomic E-state index is 4.44. The summed E-state index contributed by atoms with van der Waals surface area (Å²) in [5.74, 6) is 0. The first-order valence-electron chi connectivity index (χ1n) is 9.06. The Kier molecular flexibility index (Phi) is 4.51. The van der Waals surface area contributed by atoms with E-state index in [2.05, 4.69) is 109 Å². The number of rotatable bonds is 3. The van der Waals surface area contributed by atoms with Gasteiger partial charge < -0.3 is 0 Å². The van der Waals surface area contributed by atoms with Crippen LogP contribution in [0, 0.1) is 20.8 Å². The van der Waals surface area contributed by atoms with Crippen LogP contribution in [0.5, 0.6) is 0 Å². The van der Waals surface area contributed by atoms with Crippen LogP contribution in [0.15, 0.2) is 72.8 Å². The minimum Gasteiger partial charge on any atom is -0.129 e. The van der Waals surface area contributed by atoms with Crippen LogP contribution in [0.1, 0.15) is 16.7 Å². The van der Waals surface area contributed by atoms with Crippen molar-refractivity contribution in [3.8, 4) is 33.6 Å². The lowest BCUT2D eigenvalue weighted by Gasteiger charge is -2.14. The second-order valence-electron chi connectivity index (χ2n) is 6.97. The molecule has 0 N–H and O–H groups in total. The molecule has 3 nitrogen and oxygen atoms in total. The summed E-state index contributed by atoms with van der Waals surface area (Å²) in [6.07, 6.45) is 0. The maximum Gasteiger partial charge on any atom is 0.105 e. The first-order valence-corrected chi connectivity index (χ1v) is 9.06. The van der Waals surface area contributed by atoms with Crippen LogP contribution in [-0.2, 0) is 0 Å². The third-order valence-electron chi connectivity index (χ3n) is 4.65. The van der Waals surface area contributed by atoms with Crippen molar-refractivity contribution in [2.45, 2.75) is 20.8 Å². The SMILES string of the molecule is Cc1cccc(-c2nnnc(-c3cccc(C)c3)c2-c2cccc(C)c2)c1. The van der Waals surface area contributed by atoms with Gasteiger partial charge in [-0.15, -0.1) is 10.2 Å². The molecule has 0 radical (unpaired) electrons. The molecule has 0 aliphatic carbocycles. The van der Waals surface area contributed by atoms with E-state index in [1.165, 1.54) is 16.7 Å². The third-order valence-corrected chi connectivity index (χ3v) is 4.65. The van der Waals surface area contributed by atoms with Crippen molar-refractivity contribution in [2.24, 2.45) is 0 Å². The summed E-state index contributed by atoms with van der Waals surface area (Å²) >= 11 is 0. The smallest absolute Gasteiger partial charge is 0.105 e. The monoisotopic (exact) mass is 351 g/mol. The van der Waals surface area contributed by atoms with Gasteiger partial charge >= 0.3 is 0 Å².